The molecule has 0 aliphatic carbocycles. The third-order valence-corrected chi connectivity index (χ3v) is 4.67. The van der Waals surface area contributed by atoms with Gasteiger partial charge in [0.15, 0.2) is 5.69 Å². The lowest BCUT2D eigenvalue weighted by Gasteiger charge is -2.22. The fourth-order valence-electron chi connectivity index (χ4n) is 3.05. The van der Waals surface area contributed by atoms with Gasteiger partial charge in [0.25, 0.3) is 5.91 Å². The molecule has 3 aromatic heterocycles. The summed E-state index contributed by atoms with van der Waals surface area (Å²) in [5.74, 6) is -0.374. The summed E-state index contributed by atoms with van der Waals surface area (Å²) in [7, 11) is 0. The van der Waals surface area contributed by atoms with Gasteiger partial charge < -0.3 is 10.6 Å². The molecule has 1 amide bonds. The molecule has 0 atom stereocenters. The highest BCUT2D eigenvalue weighted by Gasteiger charge is 2.22. The molecule has 134 valence electrons. The third kappa shape index (κ3) is 3.33. The fourth-order valence-corrected chi connectivity index (χ4v) is 3.27. The zero-order valence-corrected chi connectivity index (χ0v) is 14.7. The van der Waals surface area contributed by atoms with E-state index in [0.717, 1.165) is 25.9 Å². The number of aromatic nitrogens is 5. The largest absolute Gasteiger partial charge is 0.317 e. The lowest BCUT2D eigenvalue weighted by Crippen LogP contribution is -2.29. The van der Waals surface area contributed by atoms with E-state index in [4.69, 9.17) is 11.6 Å². The molecule has 0 spiro atoms. The maximum Gasteiger partial charge on any atom is 0.277 e. The van der Waals surface area contributed by atoms with Gasteiger partial charge in [-0.15, -0.1) is 0 Å². The molecule has 8 nitrogen and oxygen atoms in total. The molecule has 4 heterocycles. The SMILES string of the molecule is O=C(Nc1cn[nH]c1-c1ccccn1)c1nn(C2CCNCC2)cc1Cl. The molecule has 1 fully saturated rings. The molecule has 3 N–H and O–H groups in total. The van der Waals surface area contributed by atoms with Crippen molar-refractivity contribution in [3.63, 3.8) is 0 Å². The first kappa shape index (κ1) is 16.7. The van der Waals surface area contributed by atoms with Crippen molar-refractivity contribution in [1.29, 1.82) is 0 Å². The van der Waals surface area contributed by atoms with Crippen molar-refractivity contribution >= 4 is 23.2 Å². The molecular formula is C17H18ClN7O. The maximum absolute atomic E-state index is 12.7. The van der Waals surface area contributed by atoms with E-state index in [-0.39, 0.29) is 17.6 Å². The summed E-state index contributed by atoms with van der Waals surface area (Å²) in [5.41, 5.74) is 2.05. The van der Waals surface area contributed by atoms with E-state index in [9.17, 15) is 4.79 Å². The van der Waals surface area contributed by atoms with Crippen molar-refractivity contribution in [2.24, 2.45) is 0 Å². The Labute approximate surface area is 155 Å². The summed E-state index contributed by atoms with van der Waals surface area (Å²) in [6.45, 7) is 1.87. The molecular weight excluding hydrogens is 354 g/mol. The average molecular weight is 372 g/mol. The van der Waals surface area contributed by atoms with Crippen LogP contribution in [-0.4, -0.2) is 44.0 Å². The van der Waals surface area contributed by atoms with Crippen LogP contribution in [0, 0.1) is 0 Å². The topological polar surface area (TPSA) is 101 Å². The minimum atomic E-state index is -0.374. The summed E-state index contributed by atoms with van der Waals surface area (Å²) in [6, 6.07) is 5.79. The number of carbonyl (C=O) groups is 1. The van der Waals surface area contributed by atoms with Crippen LogP contribution in [0.4, 0.5) is 5.69 Å². The smallest absolute Gasteiger partial charge is 0.277 e. The van der Waals surface area contributed by atoms with Crippen LogP contribution in [0.15, 0.2) is 36.8 Å². The number of nitrogens with one attached hydrogen (secondary N) is 3. The number of hydrogen-bond acceptors (Lipinski definition) is 5. The van der Waals surface area contributed by atoms with Crippen molar-refractivity contribution in [2.75, 3.05) is 18.4 Å². The molecule has 1 aliphatic rings. The van der Waals surface area contributed by atoms with Crippen LogP contribution in [0.25, 0.3) is 11.4 Å². The Bertz CT molecular complexity index is 899. The zero-order chi connectivity index (χ0) is 17.9. The molecule has 26 heavy (non-hydrogen) atoms. The number of H-pyrrole nitrogens is 1. The molecule has 0 bridgehead atoms. The first-order valence-corrected chi connectivity index (χ1v) is 8.81. The standard InChI is InChI=1S/C17H18ClN7O/c18-12-10-25(11-4-7-19-8-5-11)24-15(12)17(26)22-14-9-21-23-16(14)13-3-1-2-6-20-13/h1-3,6,9-11,19H,4-5,7-8H2,(H,21,23)(H,22,26). The van der Waals surface area contributed by atoms with Gasteiger partial charge in [0.05, 0.1) is 28.6 Å². The second kappa shape index (κ2) is 7.27. The minimum absolute atomic E-state index is 0.207. The predicted octanol–water partition coefficient (Wildman–Crippen LogP) is 2.50. The van der Waals surface area contributed by atoms with Crippen LogP contribution < -0.4 is 10.6 Å². The molecule has 0 aromatic carbocycles. The number of piperidine rings is 1. The van der Waals surface area contributed by atoms with Gasteiger partial charge in [-0.25, -0.2) is 0 Å². The molecule has 0 radical (unpaired) electrons. The van der Waals surface area contributed by atoms with Crippen LogP contribution in [0.5, 0.6) is 0 Å². The molecule has 3 aromatic rings. The Morgan fingerprint density at radius 3 is 2.92 bits per heavy atom. The number of carbonyl (C=O) groups excluding carboxylic acids is 1. The number of anilines is 1. The van der Waals surface area contributed by atoms with Gasteiger partial charge in [-0.05, 0) is 38.1 Å². The highest BCUT2D eigenvalue weighted by atomic mass is 35.5. The minimum Gasteiger partial charge on any atom is -0.317 e. The number of pyridine rings is 1. The Morgan fingerprint density at radius 1 is 1.31 bits per heavy atom. The number of halogens is 1. The fraction of sp³-hybridized carbons (Fsp3) is 0.294. The van der Waals surface area contributed by atoms with Crippen LogP contribution >= 0.6 is 11.6 Å². The average Bonchev–Trinajstić information content (AvgIpc) is 3.30. The van der Waals surface area contributed by atoms with Crippen molar-refractivity contribution in [3.8, 4) is 11.4 Å². The monoisotopic (exact) mass is 371 g/mol. The van der Waals surface area contributed by atoms with Crippen molar-refractivity contribution < 1.29 is 4.79 Å². The molecule has 0 unspecified atom stereocenters. The summed E-state index contributed by atoms with van der Waals surface area (Å²) in [6.07, 6.45) is 6.87. The second-order valence-electron chi connectivity index (χ2n) is 6.11. The van der Waals surface area contributed by atoms with Crippen LogP contribution in [0.1, 0.15) is 29.4 Å². The summed E-state index contributed by atoms with van der Waals surface area (Å²) in [5, 5.41) is 17.7. The predicted molar refractivity (Wildman–Crippen MR) is 98.1 cm³/mol. The van der Waals surface area contributed by atoms with Crippen molar-refractivity contribution in [3.05, 3.63) is 47.5 Å². The molecule has 1 saturated heterocycles. The number of rotatable bonds is 4. The van der Waals surface area contributed by atoms with E-state index < -0.39 is 0 Å². The molecule has 4 rings (SSSR count). The summed E-state index contributed by atoms with van der Waals surface area (Å²) >= 11 is 6.26. The Morgan fingerprint density at radius 2 is 2.15 bits per heavy atom. The Balaban J connectivity index is 1.54. The Kier molecular flexibility index (Phi) is 4.68. The zero-order valence-electron chi connectivity index (χ0n) is 13.9. The number of amides is 1. The van der Waals surface area contributed by atoms with Gasteiger partial charge in [-0.2, -0.15) is 10.2 Å². The van der Waals surface area contributed by atoms with Crippen LogP contribution in [0.3, 0.4) is 0 Å². The first-order chi connectivity index (χ1) is 12.7. The van der Waals surface area contributed by atoms with Gasteiger partial charge in [-0.1, -0.05) is 17.7 Å². The highest BCUT2D eigenvalue weighted by molar-refractivity contribution is 6.34. The molecule has 0 saturated carbocycles. The quantitative estimate of drug-likeness (QED) is 0.654. The summed E-state index contributed by atoms with van der Waals surface area (Å²) < 4.78 is 1.80. The van der Waals surface area contributed by atoms with Gasteiger partial charge in [0.2, 0.25) is 0 Å². The maximum atomic E-state index is 12.7. The third-order valence-electron chi connectivity index (χ3n) is 4.39. The van der Waals surface area contributed by atoms with Crippen LogP contribution in [-0.2, 0) is 0 Å². The lowest BCUT2D eigenvalue weighted by molar-refractivity contribution is 0.102. The van der Waals surface area contributed by atoms with Crippen molar-refractivity contribution in [1.82, 2.24) is 30.3 Å². The van der Waals surface area contributed by atoms with Gasteiger partial charge in [-0.3, -0.25) is 19.6 Å². The van der Waals surface area contributed by atoms with E-state index in [0.29, 0.717) is 22.1 Å². The lowest BCUT2D eigenvalue weighted by atomic mass is 10.1. The number of aromatic amines is 1. The van der Waals surface area contributed by atoms with Gasteiger partial charge in [0.1, 0.15) is 5.69 Å². The van der Waals surface area contributed by atoms with Gasteiger partial charge in [0, 0.05) is 12.4 Å². The highest BCUT2D eigenvalue weighted by Crippen LogP contribution is 2.26. The normalized spacial score (nSPS) is 15.1. The second-order valence-corrected chi connectivity index (χ2v) is 6.52. The van der Waals surface area contributed by atoms with E-state index in [1.807, 2.05) is 18.2 Å². The van der Waals surface area contributed by atoms with E-state index in [1.165, 1.54) is 0 Å². The van der Waals surface area contributed by atoms with Crippen LogP contribution in [0.2, 0.25) is 5.02 Å². The van der Waals surface area contributed by atoms with Gasteiger partial charge >= 0.3 is 0 Å². The van der Waals surface area contributed by atoms with E-state index in [1.54, 1.807) is 23.3 Å². The summed E-state index contributed by atoms with van der Waals surface area (Å²) in [4.78, 5) is 16.9. The molecule has 1 aliphatic heterocycles. The van der Waals surface area contributed by atoms with E-state index >= 15 is 0 Å². The molecule has 9 heteroatoms. The first-order valence-electron chi connectivity index (χ1n) is 8.44. The number of nitrogens with zero attached hydrogens (tertiary/aromatic N) is 4. The van der Waals surface area contributed by atoms with E-state index in [2.05, 4.69) is 30.9 Å². The Hall–Kier alpha value is -2.71. The number of hydrogen-bond donors (Lipinski definition) is 3. The van der Waals surface area contributed by atoms with Crippen molar-refractivity contribution in [2.45, 2.75) is 18.9 Å².